The van der Waals surface area contributed by atoms with Crippen molar-refractivity contribution in [1.29, 1.82) is 0 Å². The second kappa shape index (κ2) is 6.88. The lowest BCUT2D eigenvalue weighted by Gasteiger charge is -2.12. The van der Waals surface area contributed by atoms with E-state index in [1.807, 2.05) is 0 Å². The van der Waals surface area contributed by atoms with Crippen molar-refractivity contribution < 1.29 is 5.11 Å². The van der Waals surface area contributed by atoms with Crippen molar-refractivity contribution in [3.05, 3.63) is 5.82 Å². The molecule has 0 aromatic carbocycles. The maximum absolute atomic E-state index is 8.69. The van der Waals surface area contributed by atoms with Gasteiger partial charge in [0.25, 0.3) is 0 Å². The number of aliphatic hydroxyl groups is 1. The molecular weight excluding hydrogens is 224 g/mol. The first kappa shape index (κ1) is 13.5. The van der Waals surface area contributed by atoms with E-state index in [0.717, 1.165) is 29.6 Å². The quantitative estimate of drug-likeness (QED) is 0.556. The van der Waals surface area contributed by atoms with Crippen molar-refractivity contribution in [2.45, 2.75) is 44.4 Å². The van der Waals surface area contributed by atoms with Gasteiger partial charge in [-0.15, -0.1) is 10.2 Å². The summed E-state index contributed by atoms with van der Waals surface area (Å²) in [6, 6.07) is 0.328. The fraction of sp³-hybridized carbons (Fsp3) is 0.800. The number of hydrogen-bond acceptors (Lipinski definition) is 5. The first-order chi connectivity index (χ1) is 7.70. The molecule has 0 radical (unpaired) electrons. The molecule has 0 spiro atoms. The van der Waals surface area contributed by atoms with Gasteiger partial charge in [0.1, 0.15) is 5.82 Å². The number of rotatable bonds is 7. The monoisotopic (exact) mass is 244 g/mol. The van der Waals surface area contributed by atoms with E-state index in [0.29, 0.717) is 12.6 Å². The van der Waals surface area contributed by atoms with Gasteiger partial charge >= 0.3 is 0 Å². The highest BCUT2D eigenvalue weighted by Crippen LogP contribution is 2.22. The molecule has 1 aromatic heterocycles. The third-order valence-corrected chi connectivity index (χ3v) is 3.25. The van der Waals surface area contributed by atoms with Crippen molar-refractivity contribution in [3.8, 4) is 0 Å². The Labute approximate surface area is 100 Å². The van der Waals surface area contributed by atoms with Gasteiger partial charge in [0, 0.05) is 18.4 Å². The summed E-state index contributed by atoms with van der Waals surface area (Å²) in [5.41, 5.74) is 5.61. The van der Waals surface area contributed by atoms with Crippen LogP contribution in [0.1, 0.15) is 38.6 Å². The summed E-state index contributed by atoms with van der Waals surface area (Å²) in [5, 5.41) is 17.8. The van der Waals surface area contributed by atoms with Crippen LogP contribution in [0.25, 0.3) is 0 Å². The van der Waals surface area contributed by atoms with E-state index < -0.39 is 0 Å². The average molecular weight is 244 g/mol. The van der Waals surface area contributed by atoms with E-state index >= 15 is 0 Å². The zero-order valence-electron chi connectivity index (χ0n) is 9.89. The number of hydrogen-bond donors (Lipinski definition) is 2. The van der Waals surface area contributed by atoms with Gasteiger partial charge in [0.2, 0.25) is 0 Å². The first-order valence-electron chi connectivity index (χ1n) is 5.58. The molecular formula is C10H20N4OS. The van der Waals surface area contributed by atoms with Crippen molar-refractivity contribution in [2.75, 3.05) is 12.4 Å². The van der Waals surface area contributed by atoms with Gasteiger partial charge in [-0.3, -0.25) is 0 Å². The molecule has 0 aliphatic carbocycles. The minimum atomic E-state index is 0.255. The molecule has 1 aromatic rings. The largest absolute Gasteiger partial charge is 0.396 e. The fourth-order valence-corrected chi connectivity index (χ4v) is 2.53. The van der Waals surface area contributed by atoms with Crippen LogP contribution in [0, 0.1) is 0 Å². The molecule has 0 saturated carbocycles. The molecule has 0 bridgehead atoms. The third kappa shape index (κ3) is 3.47. The zero-order chi connectivity index (χ0) is 12.0. The van der Waals surface area contributed by atoms with Crippen molar-refractivity contribution in [3.63, 3.8) is 0 Å². The molecule has 16 heavy (non-hydrogen) atoms. The van der Waals surface area contributed by atoms with Crippen LogP contribution in [0.3, 0.4) is 0 Å². The molecule has 0 saturated heterocycles. The molecule has 3 N–H and O–H groups in total. The lowest BCUT2D eigenvalue weighted by molar-refractivity contribution is 0.287. The summed E-state index contributed by atoms with van der Waals surface area (Å²) in [6.45, 7) is 4.87. The summed E-state index contributed by atoms with van der Waals surface area (Å²) < 4.78 is 2.07. The summed E-state index contributed by atoms with van der Waals surface area (Å²) in [7, 11) is 0. The van der Waals surface area contributed by atoms with Gasteiger partial charge in [-0.2, -0.15) is 0 Å². The van der Waals surface area contributed by atoms with E-state index in [-0.39, 0.29) is 6.61 Å². The van der Waals surface area contributed by atoms with E-state index in [2.05, 4.69) is 28.6 Å². The second-order valence-corrected chi connectivity index (χ2v) is 4.91. The molecule has 0 aliphatic heterocycles. The number of nitrogens with zero attached hydrogens (tertiary/aromatic N) is 3. The van der Waals surface area contributed by atoms with Crippen LogP contribution in [-0.4, -0.2) is 32.2 Å². The summed E-state index contributed by atoms with van der Waals surface area (Å²) >= 11 is 1.67. The number of thioether (sulfide) groups is 1. The standard InChI is InChI=1S/C10H20N4OS/c1-8(2)14-9(7-11)12-13-10(14)16-6-4-3-5-15/h8,15H,3-7,11H2,1-2H3. The number of nitrogens with two attached hydrogens (primary N) is 1. The smallest absolute Gasteiger partial charge is 0.191 e. The number of unbranched alkanes of at least 4 members (excludes halogenated alkanes) is 1. The Bertz CT molecular complexity index is 314. The molecule has 6 heteroatoms. The van der Waals surface area contributed by atoms with Gasteiger partial charge in [-0.25, -0.2) is 0 Å². The molecule has 0 fully saturated rings. The van der Waals surface area contributed by atoms with E-state index in [1.165, 1.54) is 0 Å². The van der Waals surface area contributed by atoms with Crippen LogP contribution < -0.4 is 5.73 Å². The molecule has 0 aliphatic rings. The SMILES string of the molecule is CC(C)n1c(CN)nnc1SCCCCO. The minimum absolute atomic E-state index is 0.255. The van der Waals surface area contributed by atoms with Crippen LogP contribution in [0.4, 0.5) is 0 Å². The van der Waals surface area contributed by atoms with Gasteiger partial charge in [0.15, 0.2) is 5.16 Å². The van der Waals surface area contributed by atoms with Gasteiger partial charge < -0.3 is 15.4 Å². The molecule has 1 heterocycles. The molecule has 5 nitrogen and oxygen atoms in total. The highest BCUT2D eigenvalue weighted by molar-refractivity contribution is 7.99. The van der Waals surface area contributed by atoms with Crippen LogP contribution in [0.2, 0.25) is 0 Å². The molecule has 92 valence electrons. The van der Waals surface area contributed by atoms with Crippen LogP contribution in [0.5, 0.6) is 0 Å². The summed E-state index contributed by atoms with van der Waals surface area (Å²) in [6.07, 6.45) is 1.83. The van der Waals surface area contributed by atoms with E-state index in [1.54, 1.807) is 11.8 Å². The molecule has 0 amide bonds. The Morgan fingerprint density at radius 2 is 2.12 bits per heavy atom. The topological polar surface area (TPSA) is 77.0 Å². The summed E-state index contributed by atoms with van der Waals surface area (Å²) in [4.78, 5) is 0. The lowest BCUT2D eigenvalue weighted by atomic mass is 10.4. The fourth-order valence-electron chi connectivity index (χ4n) is 1.44. The predicted molar refractivity (Wildman–Crippen MR) is 65.3 cm³/mol. The van der Waals surface area contributed by atoms with Gasteiger partial charge in [0.05, 0.1) is 6.54 Å². The van der Waals surface area contributed by atoms with E-state index in [9.17, 15) is 0 Å². The average Bonchev–Trinajstić information content (AvgIpc) is 2.67. The van der Waals surface area contributed by atoms with Gasteiger partial charge in [-0.05, 0) is 26.7 Å². The number of aliphatic hydroxyl groups excluding tert-OH is 1. The normalized spacial score (nSPS) is 11.3. The van der Waals surface area contributed by atoms with Crippen LogP contribution >= 0.6 is 11.8 Å². The van der Waals surface area contributed by atoms with Crippen molar-refractivity contribution in [1.82, 2.24) is 14.8 Å². The third-order valence-electron chi connectivity index (χ3n) is 2.22. The summed E-state index contributed by atoms with van der Waals surface area (Å²) in [5.74, 6) is 1.79. The van der Waals surface area contributed by atoms with Crippen molar-refractivity contribution >= 4 is 11.8 Å². The number of aromatic nitrogens is 3. The Balaban J connectivity index is 2.61. The molecule has 0 atom stereocenters. The Morgan fingerprint density at radius 3 is 2.69 bits per heavy atom. The Hall–Kier alpha value is -0.590. The first-order valence-corrected chi connectivity index (χ1v) is 6.56. The Morgan fingerprint density at radius 1 is 1.38 bits per heavy atom. The second-order valence-electron chi connectivity index (χ2n) is 3.85. The van der Waals surface area contributed by atoms with Crippen LogP contribution in [-0.2, 0) is 6.54 Å². The molecule has 1 rings (SSSR count). The maximum atomic E-state index is 8.69. The molecule has 0 unspecified atom stereocenters. The highest BCUT2D eigenvalue weighted by Gasteiger charge is 2.13. The van der Waals surface area contributed by atoms with Gasteiger partial charge in [-0.1, -0.05) is 11.8 Å². The zero-order valence-corrected chi connectivity index (χ0v) is 10.7. The lowest BCUT2D eigenvalue weighted by Crippen LogP contribution is -2.11. The highest BCUT2D eigenvalue weighted by atomic mass is 32.2. The van der Waals surface area contributed by atoms with Crippen molar-refractivity contribution in [2.24, 2.45) is 5.73 Å². The Kier molecular flexibility index (Phi) is 5.79. The minimum Gasteiger partial charge on any atom is -0.396 e. The predicted octanol–water partition coefficient (Wildman–Crippen LogP) is 1.18. The maximum Gasteiger partial charge on any atom is 0.191 e. The van der Waals surface area contributed by atoms with Crippen LogP contribution in [0.15, 0.2) is 5.16 Å². The van der Waals surface area contributed by atoms with E-state index in [4.69, 9.17) is 10.8 Å².